The van der Waals surface area contributed by atoms with Crippen molar-refractivity contribution >= 4 is 0 Å². The molecule has 4 heteroatoms. The quantitative estimate of drug-likeness (QED) is 0.552. The Bertz CT molecular complexity index is 1050. The van der Waals surface area contributed by atoms with Crippen molar-refractivity contribution in [1.29, 1.82) is 0 Å². The Balaban J connectivity index is 1.91. The van der Waals surface area contributed by atoms with E-state index in [9.17, 15) is 5.11 Å². The molecule has 0 saturated heterocycles. The van der Waals surface area contributed by atoms with Crippen molar-refractivity contribution in [3.8, 4) is 22.6 Å². The largest absolute Gasteiger partial charge is 0.383 e. The zero-order chi connectivity index (χ0) is 18.8. The summed E-state index contributed by atoms with van der Waals surface area (Å²) in [5, 5.41) is 15.5. The smallest absolute Gasteiger partial charge is 0.173 e. The van der Waals surface area contributed by atoms with Crippen LogP contribution >= 0.6 is 0 Å². The van der Waals surface area contributed by atoms with Gasteiger partial charge in [-0.2, -0.15) is 0 Å². The summed E-state index contributed by atoms with van der Waals surface area (Å²) in [7, 11) is 0. The fourth-order valence-corrected chi connectivity index (χ4v) is 3.17. The third-order valence-corrected chi connectivity index (χ3v) is 4.61. The highest BCUT2D eigenvalue weighted by Crippen LogP contribution is 2.39. The highest BCUT2D eigenvalue weighted by atomic mass is 16.5. The van der Waals surface area contributed by atoms with Gasteiger partial charge in [-0.25, -0.2) is 0 Å². The summed E-state index contributed by atoms with van der Waals surface area (Å²) in [5.41, 5.74) is 6.06. The Kier molecular flexibility index (Phi) is 4.57. The molecular weight excluding hydrogens is 336 g/mol. The normalized spacial score (nSPS) is 12.1. The molecule has 0 radical (unpaired) electrons. The number of aliphatic hydroxyl groups excluding tert-OH is 1. The molecule has 27 heavy (non-hydrogen) atoms. The molecule has 4 nitrogen and oxygen atoms in total. The molecule has 2 aromatic heterocycles. The van der Waals surface area contributed by atoms with Crippen LogP contribution in [0.4, 0.5) is 0 Å². The topological polar surface area (TPSA) is 59.2 Å². The number of benzene rings is 2. The first-order valence-corrected chi connectivity index (χ1v) is 8.85. The molecule has 4 rings (SSSR count). The van der Waals surface area contributed by atoms with Gasteiger partial charge in [0, 0.05) is 29.1 Å². The highest BCUT2D eigenvalue weighted by Gasteiger charge is 2.26. The van der Waals surface area contributed by atoms with Crippen LogP contribution in [0.3, 0.4) is 0 Å². The Morgan fingerprint density at radius 1 is 0.889 bits per heavy atom. The van der Waals surface area contributed by atoms with Crippen LogP contribution in [-0.2, 0) is 0 Å². The van der Waals surface area contributed by atoms with E-state index in [4.69, 9.17) is 4.52 Å². The third kappa shape index (κ3) is 3.39. The lowest BCUT2D eigenvalue weighted by Crippen LogP contribution is -2.02. The number of aliphatic hydroxyl groups is 1. The molecule has 0 bridgehead atoms. The molecule has 1 N–H and O–H groups in total. The minimum Gasteiger partial charge on any atom is -0.383 e. The summed E-state index contributed by atoms with van der Waals surface area (Å²) in [6.45, 7) is 4.06. The van der Waals surface area contributed by atoms with Gasteiger partial charge in [-0.15, -0.1) is 0 Å². The van der Waals surface area contributed by atoms with Gasteiger partial charge in [-0.3, -0.25) is 4.98 Å². The molecule has 2 aromatic carbocycles. The Morgan fingerprint density at radius 2 is 1.70 bits per heavy atom. The summed E-state index contributed by atoms with van der Waals surface area (Å²) in [5.74, 6) is 0.575. The maximum Gasteiger partial charge on any atom is 0.173 e. The minimum atomic E-state index is -0.892. The van der Waals surface area contributed by atoms with Gasteiger partial charge in [-0.1, -0.05) is 64.8 Å². The fourth-order valence-electron chi connectivity index (χ4n) is 3.17. The summed E-state index contributed by atoms with van der Waals surface area (Å²) in [6, 6.07) is 19.7. The number of hydrogen-bond acceptors (Lipinski definition) is 4. The average Bonchev–Trinajstić information content (AvgIpc) is 3.14. The Labute approximate surface area is 158 Å². The van der Waals surface area contributed by atoms with E-state index < -0.39 is 6.10 Å². The monoisotopic (exact) mass is 356 g/mol. The van der Waals surface area contributed by atoms with Gasteiger partial charge in [0.25, 0.3) is 0 Å². The van der Waals surface area contributed by atoms with E-state index in [1.54, 1.807) is 12.4 Å². The van der Waals surface area contributed by atoms with Crippen molar-refractivity contribution in [2.75, 3.05) is 0 Å². The molecule has 1 atom stereocenters. The van der Waals surface area contributed by atoms with Crippen LogP contribution in [0.5, 0.6) is 0 Å². The van der Waals surface area contributed by atoms with E-state index in [0.29, 0.717) is 22.6 Å². The maximum atomic E-state index is 11.1. The molecule has 134 valence electrons. The van der Waals surface area contributed by atoms with Crippen LogP contribution in [-0.4, -0.2) is 15.2 Å². The van der Waals surface area contributed by atoms with Gasteiger partial charge in [0.1, 0.15) is 11.8 Å². The lowest BCUT2D eigenvalue weighted by molar-refractivity contribution is 0.220. The van der Waals surface area contributed by atoms with Crippen molar-refractivity contribution in [2.24, 2.45) is 0 Å². The second-order valence-electron chi connectivity index (χ2n) is 6.70. The van der Waals surface area contributed by atoms with Gasteiger partial charge in [-0.05, 0) is 26.0 Å². The van der Waals surface area contributed by atoms with Crippen LogP contribution in [0, 0.1) is 13.8 Å². The average molecular weight is 356 g/mol. The summed E-state index contributed by atoms with van der Waals surface area (Å²) < 4.78 is 5.73. The van der Waals surface area contributed by atoms with Crippen molar-refractivity contribution in [3.05, 3.63) is 95.3 Å². The molecule has 0 amide bonds. The fraction of sp³-hybridized carbons (Fsp3) is 0.130. The lowest BCUT2D eigenvalue weighted by atomic mass is 9.94. The van der Waals surface area contributed by atoms with Gasteiger partial charge in [0.05, 0.1) is 5.56 Å². The van der Waals surface area contributed by atoms with Crippen LogP contribution in [0.1, 0.15) is 28.4 Å². The van der Waals surface area contributed by atoms with E-state index >= 15 is 0 Å². The minimum absolute atomic E-state index is 0.575. The first-order chi connectivity index (χ1) is 13.1. The summed E-state index contributed by atoms with van der Waals surface area (Å²) in [4.78, 5) is 4.14. The maximum absolute atomic E-state index is 11.1. The molecule has 0 aliphatic heterocycles. The Morgan fingerprint density at radius 3 is 2.41 bits per heavy atom. The molecule has 1 unspecified atom stereocenters. The van der Waals surface area contributed by atoms with Crippen molar-refractivity contribution in [1.82, 2.24) is 10.1 Å². The second kappa shape index (κ2) is 7.17. The number of pyridine rings is 1. The van der Waals surface area contributed by atoms with Crippen LogP contribution in [0.2, 0.25) is 0 Å². The molecule has 2 heterocycles. The first kappa shape index (κ1) is 17.2. The molecule has 0 aliphatic carbocycles. The van der Waals surface area contributed by atoms with Gasteiger partial charge in [0.2, 0.25) is 0 Å². The molecule has 0 spiro atoms. The Hall–Kier alpha value is -3.24. The number of nitrogens with zero attached hydrogens (tertiary/aromatic N) is 2. The van der Waals surface area contributed by atoms with E-state index in [1.165, 1.54) is 0 Å². The third-order valence-electron chi connectivity index (χ3n) is 4.61. The molecule has 0 saturated carbocycles. The first-order valence-electron chi connectivity index (χ1n) is 8.85. The summed E-state index contributed by atoms with van der Waals surface area (Å²) >= 11 is 0. The highest BCUT2D eigenvalue weighted by molar-refractivity contribution is 5.74. The lowest BCUT2D eigenvalue weighted by Gasteiger charge is -2.13. The van der Waals surface area contributed by atoms with Crippen LogP contribution in [0.15, 0.2) is 77.6 Å². The predicted molar refractivity (Wildman–Crippen MR) is 105 cm³/mol. The standard InChI is InChI=1S/C23H20N2O2/c1-15-8-10-17(11-9-15)21-20(22(26)19-7-4-12-24-14-19)23(27-25-21)18-6-3-5-16(2)13-18/h3-14,22,26H,1-2H3. The number of aromatic nitrogens is 2. The molecule has 0 aliphatic rings. The predicted octanol–water partition coefficient (Wildman–Crippen LogP) is 5.10. The second-order valence-corrected chi connectivity index (χ2v) is 6.70. The van der Waals surface area contributed by atoms with Gasteiger partial charge < -0.3 is 9.63 Å². The zero-order valence-corrected chi connectivity index (χ0v) is 15.3. The van der Waals surface area contributed by atoms with Gasteiger partial charge >= 0.3 is 0 Å². The van der Waals surface area contributed by atoms with Crippen LogP contribution in [0.25, 0.3) is 22.6 Å². The molecule has 0 fully saturated rings. The van der Waals surface area contributed by atoms with E-state index in [0.717, 1.165) is 22.3 Å². The summed E-state index contributed by atoms with van der Waals surface area (Å²) in [6.07, 6.45) is 2.46. The zero-order valence-electron chi connectivity index (χ0n) is 15.3. The number of aryl methyl sites for hydroxylation is 2. The van der Waals surface area contributed by atoms with E-state index in [-0.39, 0.29) is 0 Å². The van der Waals surface area contributed by atoms with Crippen molar-refractivity contribution in [3.63, 3.8) is 0 Å². The number of hydrogen-bond donors (Lipinski definition) is 1. The molecule has 4 aromatic rings. The van der Waals surface area contributed by atoms with Crippen LogP contribution < -0.4 is 0 Å². The van der Waals surface area contributed by atoms with E-state index in [2.05, 4.69) is 10.1 Å². The number of rotatable bonds is 4. The SMILES string of the molecule is Cc1ccc(-c2noc(-c3cccc(C)c3)c2C(O)c2cccnc2)cc1. The van der Waals surface area contributed by atoms with Crippen molar-refractivity contribution in [2.45, 2.75) is 20.0 Å². The van der Waals surface area contributed by atoms with Gasteiger partial charge in [0.15, 0.2) is 5.76 Å². The van der Waals surface area contributed by atoms with E-state index in [1.807, 2.05) is 74.5 Å². The molecular formula is C23H20N2O2. The van der Waals surface area contributed by atoms with Crippen molar-refractivity contribution < 1.29 is 9.63 Å².